The number of para-hydroxylation sites is 1. The summed E-state index contributed by atoms with van der Waals surface area (Å²) in [6.45, 7) is 9.25. The first-order chi connectivity index (χ1) is 16.9. The predicted molar refractivity (Wildman–Crippen MR) is 146 cm³/mol. The third-order valence-electron chi connectivity index (χ3n) is 7.01. The number of aromatic nitrogens is 1. The second-order valence-corrected chi connectivity index (χ2v) is 10.3. The van der Waals surface area contributed by atoms with E-state index in [2.05, 4.69) is 91.1 Å². The van der Waals surface area contributed by atoms with Crippen molar-refractivity contribution in [1.82, 2.24) is 10.3 Å². The molecule has 2 aromatic carbocycles. The van der Waals surface area contributed by atoms with E-state index in [1.165, 1.54) is 11.1 Å². The quantitative estimate of drug-likeness (QED) is 0.318. The van der Waals surface area contributed by atoms with Crippen molar-refractivity contribution in [3.05, 3.63) is 78.0 Å². The molecule has 1 aliphatic carbocycles. The lowest BCUT2D eigenvalue weighted by molar-refractivity contribution is 0.249. The molecule has 1 heterocycles. The maximum absolute atomic E-state index is 13.1. The van der Waals surface area contributed by atoms with Gasteiger partial charge in [0.05, 0.1) is 11.2 Å². The summed E-state index contributed by atoms with van der Waals surface area (Å²) in [5, 5.41) is 10.1. The number of hydrogen-bond donors (Lipinski definition) is 3. The molecule has 0 spiro atoms. The van der Waals surface area contributed by atoms with E-state index in [4.69, 9.17) is 0 Å². The second kappa shape index (κ2) is 10.9. The van der Waals surface area contributed by atoms with Crippen LogP contribution in [0.5, 0.6) is 0 Å². The highest BCUT2D eigenvalue weighted by Gasteiger charge is 2.34. The molecule has 4 rings (SSSR count). The number of carbonyl (C=O) groups is 1. The fourth-order valence-corrected chi connectivity index (χ4v) is 5.06. The molecule has 2 amide bonds. The van der Waals surface area contributed by atoms with Crippen molar-refractivity contribution in [3.8, 4) is 11.3 Å². The Balaban J connectivity index is 1.44. The molecule has 5 nitrogen and oxygen atoms in total. The van der Waals surface area contributed by atoms with Gasteiger partial charge in [0, 0.05) is 29.7 Å². The van der Waals surface area contributed by atoms with Crippen molar-refractivity contribution < 1.29 is 4.79 Å². The van der Waals surface area contributed by atoms with E-state index in [1.54, 1.807) is 0 Å². The Morgan fingerprint density at radius 3 is 2.11 bits per heavy atom. The number of amides is 2. The Morgan fingerprint density at radius 1 is 0.886 bits per heavy atom. The normalized spacial score (nSPS) is 14.8. The van der Waals surface area contributed by atoms with E-state index in [9.17, 15) is 4.79 Å². The Morgan fingerprint density at radius 2 is 1.54 bits per heavy atom. The van der Waals surface area contributed by atoms with E-state index in [0.29, 0.717) is 18.4 Å². The van der Waals surface area contributed by atoms with Gasteiger partial charge in [-0.25, -0.2) is 4.79 Å². The zero-order valence-electron chi connectivity index (χ0n) is 21.4. The Hall–Kier alpha value is -3.34. The standard InChI is InChI=1S/C30H38N4O/c1-21(2)25-10-9-11-26(22(3)4)28(25)33-29(35)32-20-30(17-6-7-18-30)34-24-15-13-23(14-16-24)27-12-5-8-19-31-27/h5,8-16,19,21-22,34H,6-7,17-18,20H2,1-4H3,(H2,32,33,35). The molecular formula is C30H38N4O. The fraction of sp³-hybridized carbons (Fsp3) is 0.400. The molecular weight excluding hydrogens is 432 g/mol. The Bertz CT molecular complexity index is 1090. The van der Waals surface area contributed by atoms with Crippen molar-refractivity contribution in [2.24, 2.45) is 0 Å². The third-order valence-corrected chi connectivity index (χ3v) is 7.01. The first-order valence-electron chi connectivity index (χ1n) is 12.8. The van der Waals surface area contributed by atoms with Gasteiger partial charge < -0.3 is 16.0 Å². The highest BCUT2D eigenvalue weighted by atomic mass is 16.2. The van der Waals surface area contributed by atoms with Crippen molar-refractivity contribution in [2.45, 2.75) is 70.8 Å². The van der Waals surface area contributed by atoms with Crippen LogP contribution in [-0.4, -0.2) is 23.1 Å². The molecule has 1 saturated carbocycles. The summed E-state index contributed by atoms with van der Waals surface area (Å²) in [5.74, 6) is 0.668. The van der Waals surface area contributed by atoms with Gasteiger partial charge in [0.25, 0.3) is 0 Å². The molecule has 184 valence electrons. The SMILES string of the molecule is CC(C)c1cccc(C(C)C)c1NC(=O)NCC1(Nc2ccc(-c3ccccn3)cc2)CCCC1. The lowest BCUT2D eigenvalue weighted by Gasteiger charge is -2.32. The van der Waals surface area contributed by atoms with Crippen molar-refractivity contribution >= 4 is 17.4 Å². The molecule has 3 N–H and O–H groups in total. The van der Waals surface area contributed by atoms with Gasteiger partial charge in [0.15, 0.2) is 0 Å². The summed E-state index contributed by atoms with van der Waals surface area (Å²) in [5.41, 5.74) is 6.30. The molecule has 1 aliphatic rings. The van der Waals surface area contributed by atoms with Crippen LogP contribution in [0.3, 0.4) is 0 Å². The molecule has 35 heavy (non-hydrogen) atoms. The first-order valence-corrected chi connectivity index (χ1v) is 12.8. The van der Waals surface area contributed by atoms with Crippen LogP contribution >= 0.6 is 0 Å². The maximum atomic E-state index is 13.1. The van der Waals surface area contributed by atoms with Gasteiger partial charge in [-0.1, -0.05) is 76.9 Å². The predicted octanol–water partition coefficient (Wildman–Crippen LogP) is 7.54. The van der Waals surface area contributed by atoms with Gasteiger partial charge in [-0.15, -0.1) is 0 Å². The van der Waals surface area contributed by atoms with E-state index in [-0.39, 0.29) is 11.6 Å². The van der Waals surface area contributed by atoms with Gasteiger partial charge >= 0.3 is 6.03 Å². The lowest BCUT2D eigenvalue weighted by atomic mass is 9.92. The van der Waals surface area contributed by atoms with Gasteiger partial charge in [-0.2, -0.15) is 0 Å². The van der Waals surface area contributed by atoms with Crippen LogP contribution in [0.4, 0.5) is 16.2 Å². The molecule has 5 heteroatoms. The number of benzene rings is 2. The number of anilines is 2. The van der Waals surface area contributed by atoms with Crippen LogP contribution in [0.25, 0.3) is 11.3 Å². The molecule has 0 saturated heterocycles. The van der Waals surface area contributed by atoms with E-state index >= 15 is 0 Å². The fourth-order valence-electron chi connectivity index (χ4n) is 5.06. The second-order valence-electron chi connectivity index (χ2n) is 10.3. The number of pyridine rings is 1. The van der Waals surface area contributed by atoms with E-state index < -0.39 is 0 Å². The number of urea groups is 1. The summed E-state index contributed by atoms with van der Waals surface area (Å²) in [6, 6.07) is 20.5. The molecule has 1 aromatic heterocycles. The number of nitrogens with zero attached hydrogens (tertiary/aromatic N) is 1. The zero-order valence-corrected chi connectivity index (χ0v) is 21.4. The minimum absolute atomic E-state index is 0.137. The van der Waals surface area contributed by atoms with Crippen LogP contribution in [0.2, 0.25) is 0 Å². The van der Waals surface area contributed by atoms with Gasteiger partial charge in [-0.3, -0.25) is 4.98 Å². The highest BCUT2D eigenvalue weighted by Crippen LogP contribution is 2.34. The molecule has 0 atom stereocenters. The summed E-state index contributed by atoms with van der Waals surface area (Å²) < 4.78 is 0. The Labute approximate surface area is 209 Å². The molecule has 3 aromatic rings. The van der Waals surface area contributed by atoms with Crippen molar-refractivity contribution in [3.63, 3.8) is 0 Å². The lowest BCUT2D eigenvalue weighted by Crippen LogP contribution is -2.48. The number of rotatable bonds is 8. The summed E-state index contributed by atoms with van der Waals surface area (Å²) in [7, 11) is 0. The van der Waals surface area contributed by atoms with Crippen molar-refractivity contribution in [1.29, 1.82) is 0 Å². The number of carbonyl (C=O) groups excluding carboxylic acids is 1. The highest BCUT2D eigenvalue weighted by molar-refractivity contribution is 5.91. The smallest absolute Gasteiger partial charge is 0.319 e. The van der Waals surface area contributed by atoms with Crippen LogP contribution in [0, 0.1) is 0 Å². The first kappa shape index (κ1) is 24.8. The monoisotopic (exact) mass is 470 g/mol. The average molecular weight is 471 g/mol. The van der Waals surface area contributed by atoms with Gasteiger partial charge in [0.2, 0.25) is 0 Å². The van der Waals surface area contributed by atoms with E-state index in [1.807, 2.05) is 24.4 Å². The number of nitrogens with one attached hydrogen (secondary N) is 3. The van der Waals surface area contributed by atoms with Crippen LogP contribution in [-0.2, 0) is 0 Å². The molecule has 0 unspecified atom stereocenters. The van der Waals surface area contributed by atoms with Gasteiger partial charge in [-0.05, 0) is 60.1 Å². The zero-order chi connectivity index (χ0) is 24.8. The van der Waals surface area contributed by atoms with Crippen LogP contribution in [0.15, 0.2) is 66.9 Å². The van der Waals surface area contributed by atoms with Crippen LogP contribution in [0.1, 0.15) is 76.3 Å². The van der Waals surface area contributed by atoms with Crippen molar-refractivity contribution in [2.75, 3.05) is 17.2 Å². The van der Waals surface area contributed by atoms with Gasteiger partial charge in [0.1, 0.15) is 0 Å². The minimum atomic E-state index is -0.140. The minimum Gasteiger partial charge on any atom is -0.378 e. The topological polar surface area (TPSA) is 66.1 Å². The summed E-state index contributed by atoms with van der Waals surface area (Å²) in [6.07, 6.45) is 6.21. The average Bonchev–Trinajstić information content (AvgIpc) is 3.32. The Kier molecular flexibility index (Phi) is 7.74. The largest absolute Gasteiger partial charge is 0.378 e. The number of hydrogen-bond acceptors (Lipinski definition) is 3. The van der Waals surface area contributed by atoms with E-state index in [0.717, 1.165) is 48.3 Å². The molecule has 0 aliphatic heterocycles. The third kappa shape index (κ3) is 6.02. The summed E-state index contributed by atoms with van der Waals surface area (Å²) >= 11 is 0. The van der Waals surface area contributed by atoms with Crippen LogP contribution < -0.4 is 16.0 Å². The maximum Gasteiger partial charge on any atom is 0.319 e. The molecule has 0 bridgehead atoms. The molecule has 1 fully saturated rings. The summed E-state index contributed by atoms with van der Waals surface area (Å²) in [4.78, 5) is 17.5. The molecule has 0 radical (unpaired) electrons.